The molecule has 64 heavy (non-hydrogen) atoms. The quantitative estimate of drug-likeness (QED) is 0.0122. The minimum Gasteiger partial charge on any atom is -0.393 e. The number of hydrogen-bond acceptors (Lipinski definition) is 11. The summed E-state index contributed by atoms with van der Waals surface area (Å²) in [6.45, 7) is 3.69. The lowest BCUT2D eigenvalue weighted by molar-refractivity contribution is -0.220. The summed E-state index contributed by atoms with van der Waals surface area (Å²) in [5.74, 6) is -0.621. The predicted molar refractivity (Wildman–Crippen MR) is 256 cm³/mol. The van der Waals surface area contributed by atoms with Crippen LogP contribution in [0.15, 0.2) is 60.8 Å². The summed E-state index contributed by atoms with van der Waals surface area (Å²) in [6, 6.07) is -1.27. The molecule has 1 fully saturated rings. The van der Waals surface area contributed by atoms with Gasteiger partial charge >= 0.3 is 7.82 Å². The Hall–Kier alpha value is -2.00. The minimum absolute atomic E-state index is 0.272. The Labute approximate surface area is 386 Å². The van der Waals surface area contributed by atoms with Gasteiger partial charge in [-0.2, -0.15) is 0 Å². The van der Waals surface area contributed by atoms with E-state index in [2.05, 4.69) is 67.8 Å². The first kappa shape index (κ1) is 60.0. The molecule has 13 nitrogen and oxygen atoms in total. The van der Waals surface area contributed by atoms with Crippen molar-refractivity contribution in [1.82, 2.24) is 5.32 Å². The number of nitrogens with one attached hydrogen (secondary N) is 1. The largest absolute Gasteiger partial charge is 0.472 e. The molecule has 0 heterocycles. The summed E-state index contributed by atoms with van der Waals surface area (Å²) in [6.07, 6.45) is 34.5. The zero-order valence-electron chi connectivity index (χ0n) is 39.4. The molecule has 1 amide bonds. The second-order valence-electron chi connectivity index (χ2n) is 17.5. The van der Waals surface area contributed by atoms with Crippen LogP contribution < -0.4 is 5.32 Å². The Kier molecular flexibility index (Phi) is 36.6. The van der Waals surface area contributed by atoms with Crippen molar-refractivity contribution in [3.05, 3.63) is 60.8 Å². The van der Waals surface area contributed by atoms with Crippen LogP contribution in [0.2, 0.25) is 0 Å². The van der Waals surface area contributed by atoms with Gasteiger partial charge in [-0.05, 0) is 70.6 Å². The Balaban J connectivity index is 2.57. The van der Waals surface area contributed by atoms with Crippen LogP contribution in [0, 0.1) is 0 Å². The van der Waals surface area contributed by atoms with Gasteiger partial charge in [-0.25, -0.2) is 4.57 Å². The summed E-state index contributed by atoms with van der Waals surface area (Å²) in [7, 11) is -5.16. The molecule has 0 aromatic carbocycles. The summed E-state index contributed by atoms with van der Waals surface area (Å²) in [5.41, 5.74) is 0. The Morgan fingerprint density at radius 3 is 1.50 bits per heavy atom. The van der Waals surface area contributed by atoms with Gasteiger partial charge in [0.2, 0.25) is 5.91 Å². The van der Waals surface area contributed by atoms with Gasteiger partial charge in [0.15, 0.2) is 0 Å². The van der Waals surface area contributed by atoms with Crippen LogP contribution >= 0.6 is 7.82 Å². The van der Waals surface area contributed by atoms with Crippen molar-refractivity contribution in [2.75, 3.05) is 6.61 Å². The molecule has 0 aromatic heterocycles. The second-order valence-corrected chi connectivity index (χ2v) is 18.9. The third-order valence-corrected chi connectivity index (χ3v) is 12.6. The van der Waals surface area contributed by atoms with E-state index in [0.717, 1.165) is 57.8 Å². The highest BCUT2D eigenvalue weighted by Gasteiger charge is 2.51. The van der Waals surface area contributed by atoms with E-state index in [9.17, 15) is 50.0 Å². The third-order valence-electron chi connectivity index (χ3n) is 11.6. The molecule has 372 valence electrons. The topological polar surface area (TPSA) is 226 Å². The van der Waals surface area contributed by atoms with Gasteiger partial charge in [-0.3, -0.25) is 13.8 Å². The van der Waals surface area contributed by atoms with Crippen molar-refractivity contribution < 1.29 is 59.0 Å². The number of carbonyl (C=O) groups is 1. The van der Waals surface area contributed by atoms with E-state index >= 15 is 0 Å². The standard InChI is InChI=1S/C50H90NO12P/c1-3-5-7-9-11-13-15-17-18-19-20-21-22-23-24-26-28-30-32-34-36-38-43(53)42(40-62-64(60,61)63-50-48(58)46(56)45(55)47(57)49(50)59)51-44(54)39-41(52)37-35-33-31-29-27-25-16-14-12-10-8-6-4-2/h12,14,16,22-23,25,28,30,36,38,41-43,45-50,52-53,55-59H,3-11,13,15,17-21,24,26-27,29,31-35,37,39-40H2,1-2H3,(H,51,54)(H,60,61)/b14-12-,23-22+,25-16-,30-28+,38-36+. The number of rotatable bonds is 40. The van der Waals surface area contributed by atoms with Crippen molar-refractivity contribution in [3.63, 3.8) is 0 Å². The monoisotopic (exact) mass is 928 g/mol. The molecule has 0 spiro atoms. The van der Waals surface area contributed by atoms with Crippen LogP contribution in [0.1, 0.15) is 187 Å². The number of unbranched alkanes of at least 4 members (excludes halogenated alkanes) is 20. The molecule has 1 aliphatic carbocycles. The van der Waals surface area contributed by atoms with Crippen molar-refractivity contribution in [2.45, 2.75) is 242 Å². The van der Waals surface area contributed by atoms with E-state index in [1.165, 1.54) is 96.0 Å². The molecule has 14 heteroatoms. The van der Waals surface area contributed by atoms with Gasteiger partial charge in [0.25, 0.3) is 0 Å². The maximum atomic E-state index is 13.0. The normalized spacial score (nSPS) is 23.2. The van der Waals surface area contributed by atoms with E-state index in [1.807, 2.05) is 0 Å². The van der Waals surface area contributed by atoms with Crippen LogP contribution in [0.3, 0.4) is 0 Å². The van der Waals surface area contributed by atoms with Crippen LogP contribution in [-0.2, 0) is 18.4 Å². The predicted octanol–water partition coefficient (Wildman–Crippen LogP) is 8.87. The van der Waals surface area contributed by atoms with Gasteiger partial charge in [-0.1, -0.05) is 171 Å². The average Bonchev–Trinajstić information content (AvgIpc) is 3.27. The van der Waals surface area contributed by atoms with Gasteiger partial charge in [0.1, 0.15) is 36.6 Å². The van der Waals surface area contributed by atoms with Gasteiger partial charge in [-0.15, -0.1) is 0 Å². The molecule has 1 rings (SSSR count). The Morgan fingerprint density at radius 1 is 0.562 bits per heavy atom. The van der Waals surface area contributed by atoms with Crippen LogP contribution in [0.4, 0.5) is 0 Å². The zero-order valence-corrected chi connectivity index (χ0v) is 40.3. The molecular weight excluding hydrogens is 838 g/mol. The molecular formula is C50H90NO12P. The fraction of sp³-hybridized carbons (Fsp3) is 0.780. The molecule has 0 aliphatic heterocycles. The number of hydrogen-bond donors (Lipinski definition) is 9. The number of phosphoric ester groups is 1. The first-order valence-corrected chi connectivity index (χ1v) is 26.3. The van der Waals surface area contributed by atoms with E-state index < -0.39 is 75.2 Å². The number of carbonyl (C=O) groups excluding carboxylic acids is 1. The smallest absolute Gasteiger partial charge is 0.393 e. The SMILES string of the molecule is CCCCC/C=C\C=C/CCCCCCC(O)CC(=O)NC(COP(=O)(O)OC1C(O)C(O)C(O)C(O)C1O)C(O)/C=C/CC/C=C/CC/C=C/CCCCCCCCCCCCC. The van der Waals surface area contributed by atoms with Gasteiger partial charge in [0, 0.05) is 0 Å². The van der Waals surface area contributed by atoms with E-state index in [-0.39, 0.29) is 6.42 Å². The number of phosphoric acid groups is 1. The Bertz CT molecular complexity index is 1330. The number of amides is 1. The zero-order chi connectivity index (χ0) is 47.3. The van der Waals surface area contributed by atoms with Crippen molar-refractivity contribution in [3.8, 4) is 0 Å². The molecule has 1 saturated carbocycles. The van der Waals surface area contributed by atoms with Crippen molar-refractivity contribution >= 4 is 13.7 Å². The molecule has 8 atom stereocenters. The van der Waals surface area contributed by atoms with Gasteiger partial charge < -0.3 is 46.0 Å². The molecule has 0 saturated heterocycles. The lowest BCUT2D eigenvalue weighted by Gasteiger charge is -2.41. The number of allylic oxidation sites excluding steroid dienone is 9. The van der Waals surface area contributed by atoms with Gasteiger partial charge in [0.05, 0.1) is 31.3 Å². The second kappa shape index (κ2) is 39.0. The first-order chi connectivity index (χ1) is 30.8. The lowest BCUT2D eigenvalue weighted by atomic mass is 9.85. The fourth-order valence-electron chi connectivity index (χ4n) is 7.50. The molecule has 1 aliphatic rings. The number of aliphatic hydroxyl groups excluding tert-OH is 7. The van der Waals surface area contributed by atoms with E-state index in [1.54, 1.807) is 6.08 Å². The summed E-state index contributed by atoms with van der Waals surface area (Å²) in [4.78, 5) is 23.4. The summed E-state index contributed by atoms with van der Waals surface area (Å²) < 4.78 is 22.9. The molecule has 0 aromatic rings. The summed E-state index contributed by atoms with van der Waals surface area (Å²) >= 11 is 0. The summed E-state index contributed by atoms with van der Waals surface area (Å²) in [5, 5.41) is 74.5. The highest BCUT2D eigenvalue weighted by Crippen LogP contribution is 2.47. The molecule has 8 unspecified atom stereocenters. The average molecular weight is 928 g/mol. The maximum Gasteiger partial charge on any atom is 0.472 e. The van der Waals surface area contributed by atoms with E-state index in [0.29, 0.717) is 19.3 Å². The first-order valence-electron chi connectivity index (χ1n) is 24.8. The Morgan fingerprint density at radius 2 is 0.969 bits per heavy atom. The minimum atomic E-state index is -5.16. The van der Waals surface area contributed by atoms with Crippen LogP contribution in [0.25, 0.3) is 0 Å². The molecule has 9 N–H and O–H groups in total. The van der Waals surface area contributed by atoms with Crippen molar-refractivity contribution in [2.24, 2.45) is 0 Å². The number of aliphatic hydroxyl groups is 7. The van der Waals surface area contributed by atoms with Crippen LogP contribution in [-0.4, -0.2) is 108 Å². The molecule has 0 bridgehead atoms. The molecule has 0 radical (unpaired) electrons. The highest BCUT2D eigenvalue weighted by molar-refractivity contribution is 7.47. The van der Waals surface area contributed by atoms with Crippen molar-refractivity contribution in [1.29, 1.82) is 0 Å². The fourth-order valence-corrected chi connectivity index (χ4v) is 8.46. The third kappa shape index (κ3) is 30.3. The maximum absolute atomic E-state index is 13.0. The van der Waals surface area contributed by atoms with E-state index in [4.69, 9.17) is 9.05 Å². The lowest BCUT2D eigenvalue weighted by Crippen LogP contribution is -2.64. The highest BCUT2D eigenvalue weighted by atomic mass is 31.2. The van der Waals surface area contributed by atoms with Crippen LogP contribution in [0.5, 0.6) is 0 Å².